The van der Waals surface area contributed by atoms with Gasteiger partial charge in [0.25, 0.3) is 0 Å². The molecule has 1 aliphatic carbocycles. The minimum Gasteiger partial charge on any atom is -0.486 e. The van der Waals surface area contributed by atoms with Gasteiger partial charge in [-0.15, -0.1) is 0 Å². The van der Waals surface area contributed by atoms with Gasteiger partial charge in [-0.05, 0) is 37.5 Å². The second-order valence-corrected chi connectivity index (χ2v) is 11.8. The van der Waals surface area contributed by atoms with E-state index in [0.29, 0.717) is 73.4 Å². The van der Waals surface area contributed by atoms with Crippen LogP contribution in [0.2, 0.25) is 5.02 Å². The Kier molecular flexibility index (Phi) is 4.95. The SMILES string of the molecule is CNc1nc2ccc(Cl)cc2n1-c1nc2c(c(C3(S(C)(=O)=O)CCC3)n1)OCC1COCCN21. The smallest absolute Gasteiger partial charge is 0.239 e. The van der Waals surface area contributed by atoms with Crippen LogP contribution in [-0.2, 0) is 19.3 Å². The minimum atomic E-state index is -3.47. The molecule has 0 radical (unpaired) electrons. The van der Waals surface area contributed by atoms with Crippen molar-refractivity contribution in [2.75, 3.05) is 49.9 Å². The van der Waals surface area contributed by atoms with E-state index in [2.05, 4.69) is 15.2 Å². The third-order valence-electron chi connectivity index (χ3n) is 7.10. The molecule has 180 valence electrons. The Bertz CT molecular complexity index is 1400. The van der Waals surface area contributed by atoms with Crippen molar-refractivity contribution >= 4 is 44.2 Å². The highest BCUT2D eigenvalue weighted by Gasteiger charge is 2.53. The van der Waals surface area contributed by atoms with E-state index in [1.54, 1.807) is 23.7 Å². The summed E-state index contributed by atoms with van der Waals surface area (Å²) in [4.78, 5) is 16.6. The van der Waals surface area contributed by atoms with E-state index < -0.39 is 14.6 Å². The predicted molar refractivity (Wildman–Crippen MR) is 129 cm³/mol. The molecule has 1 saturated carbocycles. The lowest BCUT2D eigenvalue weighted by molar-refractivity contribution is 0.0687. The zero-order chi connectivity index (χ0) is 23.7. The molecule has 2 fully saturated rings. The molecule has 2 aromatic heterocycles. The van der Waals surface area contributed by atoms with Gasteiger partial charge >= 0.3 is 0 Å². The average molecular weight is 505 g/mol. The number of aromatic nitrogens is 4. The zero-order valence-corrected chi connectivity index (χ0v) is 20.5. The van der Waals surface area contributed by atoms with Crippen molar-refractivity contribution in [2.24, 2.45) is 0 Å². The number of ether oxygens (including phenoxy) is 2. The molecule has 1 atom stereocenters. The first-order chi connectivity index (χ1) is 16.3. The summed E-state index contributed by atoms with van der Waals surface area (Å²) in [6, 6.07) is 5.42. The highest BCUT2D eigenvalue weighted by atomic mass is 35.5. The molecule has 0 amide bonds. The van der Waals surface area contributed by atoms with Crippen LogP contribution < -0.4 is 15.0 Å². The van der Waals surface area contributed by atoms with E-state index in [9.17, 15) is 8.42 Å². The number of imidazole rings is 1. The molecule has 1 aromatic carbocycles. The summed E-state index contributed by atoms with van der Waals surface area (Å²) in [5, 5.41) is 3.65. The Labute approximate surface area is 202 Å². The average Bonchev–Trinajstić information content (AvgIpc) is 3.14. The van der Waals surface area contributed by atoms with E-state index in [-0.39, 0.29) is 6.04 Å². The molecule has 4 heterocycles. The third kappa shape index (κ3) is 3.10. The van der Waals surface area contributed by atoms with Crippen molar-refractivity contribution in [1.29, 1.82) is 0 Å². The molecule has 1 unspecified atom stereocenters. The fourth-order valence-corrected chi connectivity index (χ4v) is 6.80. The topological polar surface area (TPSA) is 111 Å². The van der Waals surface area contributed by atoms with E-state index in [1.807, 2.05) is 6.07 Å². The van der Waals surface area contributed by atoms with Crippen molar-refractivity contribution in [2.45, 2.75) is 30.1 Å². The molecule has 12 heteroatoms. The number of nitrogens with zero attached hydrogens (tertiary/aromatic N) is 5. The van der Waals surface area contributed by atoms with Gasteiger partial charge in [-0.2, -0.15) is 4.98 Å². The molecule has 0 bridgehead atoms. The fourth-order valence-electron chi connectivity index (χ4n) is 5.11. The summed E-state index contributed by atoms with van der Waals surface area (Å²) in [7, 11) is -1.70. The van der Waals surface area contributed by atoms with Crippen LogP contribution >= 0.6 is 11.6 Å². The lowest BCUT2D eigenvalue weighted by Gasteiger charge is -2.44. The van der Waals surface area contributed by atoms with Gasteiger partial charge in [0.1, 0.15) is 17.0 Å². The zero-order valence-electron chi connectivity index (χ0n) is 18.9. The Morgan fingerprint density at radius 2 is 2.03 bits per heavy atom. The van der Waals surface area contributed by atoms with Crippen LogP contribution in [0.1, 0.15) is 25.0 Å². The maximum atomic E-state index is 13.1. The molecule has 3 aromatic rings. The van der Waals surface area contributed by atoms with Gasteiger partial charge in [-0.3, -0.25) is 0 Å². The number of morpholine rings is 1. The highest BCUT2D eigenvalue weighted by molar-refractivity contribution is 7.91. The van der Waals surface area contributed by atoms with Crippen LogP contribution in [-0.4, -0.2) is 73.6 Å². The number of fused-ring (bicyclic) bond motifs is 4. The second kappa shape index (κ2) is 7.69. The summed E-state index contributed by atoms with van der Waals surface area (Å²) >= 11 is 6.31. The Hall–Kier alpha value is -2.63. The van der Waals surface area contributed by atoms with Gasteiger partial charge in [0.05, 0.1) is 30.3 Å². The first-order valence-corrected chi connectivity index (χ1v) is 13.5. The first-order valence-electron chi connectivity index (χ1n) is 11.3. The second-order valence-electron chi connectivity index (χ2n) is 9.03. The van der Waals surface area contributed by atoms with Crippen molar-refractivity contribution in [3.63, 3.8) is 0 Å². The van der Waals surface area contributed by atoms with Crippen LogP contribution in [0.4, 0.5) is 11.8 Å². The molecule has 6 rings (SSSR count). The fraction of sp³-hybridized carbons (Fsp3) is 0.500. The molecule has 0 spiro atoms. The van der Waals surface area contributed by atoms with Gasteiger partial charge in [0.2, 0.25) is 11.9 Å². The number of hydrogen-bond donors (Lipinski definition) is 1. The number of halogens is 1. The number of hydrogen-bond acceptors (Lipinski definition) is 9. The van der Waals surface area contributed by atoms with Crippen LogP contribution in [0.25, 0.3) is 17.0 Å². The Balaban J connectivity index is 1.66. The molecule has 10 nitrogen and oxygen atoms in total. The Morgan fingerprint density at radius 3 is 2.74 bits per heavy atom. The predicted octanol–water partition coefficient (Wildman–Crippen LogP) is 2.53. The highest BCUT2D eigenvalue weighted by Crippen LogP contribution is 2.52. The largest absolute Gasteiger partial charge is 0.486 e. The number of benzene rings is 1. The van der Waals surface area contributed by atoms with E-state index in [1.165, 1.54) is 6.26 Å². The molecule has 3 aliphatic rings. The maximum absolute atomic E-state index is 13.1. The number of sulfone groups is 1. The van der Waals surface area contributed by atoms with Crippen molar-refractivity contribution in [3.8, 4) is 11.7 Å². The lowest BCUT2D eigenvalue weighted by atomic mass is 9.81. The van der Waals surface area contributed by atoms with Gasteiger partial charge in [0, 0.05) is 24.9 Å². The monoisotopic (exact) mass is 504 g/mol. The molecular weight excluding hydrogens is 480 g/mol. The summed E-state index contributed by atoms with van der Waals surface area (Å²) in [6.45, 7) is 2.12. The minimum absolute atomic E-state index is 0.00479. The summed E-state index contributed by atoms with van der Waals surface area (Å²) in [6.07, 6.45) is 3.10. The van der Waals surface area contributed by atoms with Crippen LogP contribution in [0, 0.1) is 0 Å². The van der Waals surface area contributed by atoms with Crippen LogP contribution in [0.15, 0.2) is 18.2 Å². The summed E-state index contributed by atoms with van der Waals surface area (Å²) < 4.78 is 38.7. The number of rotatable bonds is 4. The van der Waals surface area contributed by atoms with Crippen molar-refractivity contribution in [3.05, 3.63) is 28.9 Å². The normalized spacial score (nSPS) is 21.4. The van der Waals surface area contributed by atoms with Gasteiger partial charge < -0.3 is 19.7 Å². The lowest BCUT2D eigenvalue weighted by Crippen LogP contribution is -2.52. The van der Waals surface area contributed by atoms with E-state index in [4.69, 9.17) is 31.0 Å². The van der Waals surface area contributed by atoms with Gasteiger partial charge in [-0.25, -0.2) is 23.0 Å². The molecule has 34 heavy (non-hydrogen) atoms. The molecule has 2 aliphatic heterocycles. The van der Waals surface area contributed by atoms with E-state index >= 15 is 0 Å². The summed E-state index contributed by atoms with van der Waals surface area (Å²) in [5.74, 6) is 1.91. The molecular formula is C22H25ClN6O4S. The van der Waals surface area contributed by atoms with E-state index in [0.717, 1.165) is 17.5 Å². The quantitative estimate of drug-likeness (QED) is 0.572. The maximum Gasteiger partial charge on any atom is 0.239 e. The van der Waals surface area contributed by atoms with Gasteiger partial charge in [0.15, 0.2) is 21.4 Å². The van der Waals surface area contributed by atoms with Crippen LogP contribution in [0.3, 0.4) is 0 Å². The number of anilines is 2. The number of nitrogens with one attached hydrogen (secondary N) is 1. The van der Waals surface area contributed by atoms with Crippen molar-refractivity contribution < 1.29 is 17.9 Å². The molecule has 1 saturated heterocycles. The van der Waals surface area contributed by atoms with Crippen LogP contribution in [0.5, 0.6) is 5.75 Å². The first kappa shape index (κ1) is 21.9. The summed E-state index contributed by atoms with van der Waals surface area (Å²) in [5.41, 5.74) is 1.87. The standard InChI is InChI=1S/C22H25ClN6O4S/c1-24-20-25-15-5-4-13(23)10-16(15)29(20)21-26-18(22(6-3-7-22)34(2,30)31)17-19(27-21)28-8-9-32-11-14(28)12-33-17/h4-5,10,14H,3,6-9,11-12H2,1-2H3,(H,24,25). The van der Waals surface area contributed by atoms with Crippen molar-refractivity contribution in [1.82, 2.24) is 19.5 Å². The third-order valence-corrected chi connectivity index (χ3v) is 9.35. The Morgan fingerprint density at radius 1 is 1.21 bits per heavy atom. The molecule has 1 N–H and O–H groups in total. The van der Waals surface area contributed by atoms with Gasteiger partial charge in [-0.1, -0.05) is 11.6 Å².